The number of unbranched alkanes of at least 4 members (excludes halogenated alkanes) is 31. The van der Waals surface area contributed by atoms with E-state index >= 15 is 0 Å². The van der Waals surface area contributed by atoms with Crippen LogP contribution in [0.5, 0.6) is 0 Å². The van der Waals surface area contributed by atoms with E-state index in [1.54, 1.807) is 0 Å². The van der Waals surface area contributed by atoms with Gasteiger partial charge in [0, 0.05) is 0 Å². The van der Waals surface area contributed by atoms with Gasteiger partial charge in [-0.1, -0.05) is 226 Å². The Kier molecular flexibility index (Phi) is 38.6. The summed E-state index contributed by atoms with van der Waals surface area (Å²) in [5.74, 6) is -0.278. The highest BCUT2D eigenvalue weighted by molar-refractivity contribution is 5.76. The maximum absolute atomic E-state index is 12.4. The fraction of sp³-hybridized carbons (Fsp3) is 0.977. The molecule has 0 radical (unpaired) electrons. The second-order valence-electron chi connectivity index (χ2n) is 15.3. The van der Waals surface area contributed by atoms with Crippen LogP contribution in [0.4, 0.5) is 0 Å². The molecule has 4 N–H and O–H groups in total. The quantitative estimate of drug-likeness (QED) is 0.0485. The van der Waals surface area contributed by atoms with Gasteiger partial charge in [-0.05, 0) is 12.8 Å². The van der Waals surface area contributed by atoms with Gasteiger partial charge in [-0.2, -0.15) is 0 Å². The van der Waals surface area contributed by atoms with Gasteiger partial charge in [-0.15, -0.1) is 0 Å². The summed E-state index contributed by atoms with van der Waals surface area (Å²) in [6.07, 6.45) is 43.5. The zero-order valence-electron chi connectivity index (χ0n) is 32.6. The van der Waals surface area contributed by atoms with Gasteiger partial charge in [-0.25, -0.2) is 0 Å². The predicted molar refractivity (Wildman–Crippen MR) is 209 cm³/mol. The molecule has 48 heavy (non-hydrogen) atoms. The Bertz CT molecular complexity index is 630. The Balaban J connectivity index is 3.58. The van der Waals surface area contributed by atoms with Gasteiger partial charge in [0.1, 0.15) is 0 Å². The Morgan fingerprint density at radius 1 is 0.438 bits per heavy atom. The monoisotopic (exact) mass is 682 g/mol. The van der Waals surface area contributed by atoms with E-state index in [0.29, 0.717) is 12.8 Å². The van der Waals surface area contributed by atoms with Crippen LogP contribution < -0.4 is 5.32 Å². The van der Waals surface area contributed by atoms with E-state index in [1.807, 2.05) is 0 Å². The minimum Gasteiger partial charge on any atom is -0.394 e. The molecule has 0 heterocycles. The number of amides is 1. The van der Waals surface area contributed by atoms with Crippen LogP contribution >= 0.6 is 0 Å². The third kappa shape index (κ3) is 35.2. The first kappa shape index (κ1) is 47.4. The average molecular weight is 682 g/mol. The minimum atomic E-state index is -0.743. The molecule has 0 saturated carbocycles. The third-order valence-electron chi connectivity index (χ3n) is 10.4. The lowest BCUT2D eigenvalue weighted by molar-refractivity contribution is -0.125. The van der Waals surface area contributed by atoms with Crippen LogP contribution in [0.1, 0.15) is 245 Å². The normalized spacial score (nSPS) is 13.5. The first-order valence-electron chi connectivity index (χ1n) is 21.8. The number of carbonyl (C=O) groups excluding carboxylic acids is 1. The summed E-state index contributed by atoms with van der Waals surface area (Å²) in [5, 5.41) is 33.4. The molecule has 3 atom stereocenters. The standard InChI is InChI=1S/C43H87NO4/c1-3-5-7-9-11-13-15-17-19-20-21-23-25-27-29-31-33-35-37-42(47)41(39-45)44-43(48)38-40(46)36-34-32-30-28-26-24-22-18-16-14-12-10-8-6-4-2/h40-42,45-47H,3-39H2,1-2H3,(H,44,48). The SMILES string of the molecule is CCCCCCCCCCCCCCCCCCCCC(O)C(CO)NC(=O)CC(O)CCCCCCCCCCCCCCCCC. The lowest BCUT2D eigenvalue weighted by Crippen LogP contribution is -2.46. The van der Waals surface area contributed by atoms with Crippen molar-refractivity contribution in [3.05, 3.63) is 0 Å². The van der Waals surface area contributed by atoms with Crippen LogP contribution in [0.15, 0.2) is 0 Å². The van der Waals surface area contributed by atoms with Gasteiger partial charge < -0.3 is 20.6 Å². The van der Waals surface area contributed by atoms with Crippen LogP contribution in [0.3, 0.4) is 0 Å². The maximum atomic E-state index is 12.4. The van der Waals surface area contributed by atoms with Crippen molar-refractivity contribution in [1.82, 2.24) is 5.32 Å². The summed E-state index contributed by atoms with van der Waals surface area (Å²) >= 11 is 0. The van der Waals surface area contributed by atoms with Crippen molar-refractivity contribution in [2.45, 2.75) is 263 Å². The Morgan fingerprint density at radius 3 is 1.00 bits per heavy atom. The molecule has 0 aromatic carbocycles. The van der Waals surface area contributed by atoms with Crippen molar-refractivity contribution in [2.24, 2.45) is 0 Å². The van der Waals surface area contributed by atoms with Crippen molar-refractivity contribution in [2.75, 3.05) is 6.61 Å². The van der Waals surface area contributed by atoms with Crippen molar-refractivity contribution in [3.8, 4) is 0 Å². The van der Waals surface area contributed by atoms with E-state index in [-0.39, 0.29) is 18.9 Å². The van der Waals surface area contributed by atoms with Crippen LogP contribution in [-0.2, 0) is 4.79 Å². The first-order chi connectivity index (χ1) is 23.5. The van der Waals surface area contributed by atoms with E-state index in [4.69, 9.17) is 0 Å². The highest BCUT2D eigenvalue weighted by atomic mass is 16.3. The van der Waals surface area contributed by atoms with Gasteiger partial charge in [0.2, 0.25) is 5.91 Å². The molecule has 5 heteroatoms. The Morgan fingerprint density at radius 2 is 0.708 bits per heavy atom. The van der Waals surface area contributed by atoms with Crippen LogP contribution in [0, 0.1) is 0 Å². The number of aliphatic hydroxyl groups excluding tert-OH is 3. The van der Waals surface area contributed by atoms with Gasteiger partial charge in [-0.3, -0.25) is 4.79 Å². The molecule has 0 saturated heterocycles. The van der Waals surface area contributed by atoms with Crippen LogP contribution in [-0.4, -0.2) is 46.1 Å². The highest BCUT2D eigenvalue weighted by Crippen LogP contribution is 2.17. The van der Waals surface area contributed by atoms with Crippen LogP contribution in [0.25, 0.3) is 0 Å². The molecular weight excluding hydrogens is 594 g/mol. The molecule has 0 aliphatic carbocycles. The Hall–Kier alpha value is -0.650. The lowest BCUT2D eigenvalue weighted by Gasteiger charge is -2.23. The molecular formula is C43H87NO4. The van der Waals surface area contributed by atoms with Gasteiger partial charge >= 0.3 is 0 Å². The lowest BCUT2D eigenvalue weighted by atomic mass is 10.0. The van der Waals surface area contributed by atoms with E-state index in [1.165, 1.54) is 186 Å². The molecule has 3 unspecified atom stereocenters. The summed E-state index contributed by atoms with van der Waals surface area (Å²) in [6.45, 7) is 4.28. The molecule has 0 aliphatic rings. The molecule has 0 spiro atoms. The summed E-state index contributed by atoms with van der Waals surface area (Å²) in [6, 6.07) is -0.652. The molecule has 0 fully saturated rings. The molecule has 0 rings (SSSR count). The maximum Gasteiger partial charge on any atom is 0.222 e. The average Bonchev–Trinajstić information content (AvgIpc) is 3.08. The number of rotatable bonds is 40. The number of carbonyl (C=O) groups is 1. The summed E-state index contributed by atoms with van der Waals surface area (Å²) in [4.78, 5) is 12.4. The molecule has 0 aromatic heterocycles. The van der Waals surface area contributed by atoms with Gasteiger partial charge in [0.15, 0.2) is 0 Å². The first-order valence-corrected chi connectivity index (χ1v) is 21.8. The van der Waals surface area contributed by atoms with E-state index in [9.17, 15) is 20.1 Å². The molecule has 5 nitrogen and oxygen atoms in total. The van der Waals surface area contributed by atoms with Gasteiger partial charge in [0.25, 0.3) is 0 Å². The van der Waals surface area contributed by atoms with Crippen molar-refractivity contribution in [1.29, 1.82) is 0 Å². The number of aliphatic hydroxyl groups is 3. The topological polar surface area (TPSA) is 89.8 Å². The minimum absolute atomic E-state index is 0.0427. The summed E-state index contributed by atoms with van der Waals surface area (Å²) < 4.78 is 0. The van der Waals surface area contributed by atoms with Crippen molar-refractivity contribution in [3.63, 3.8) is 0 Å². The fourth-order valence-corrected chi connectivity index (χ4v) is 7.05. The summed E-state index contributed by atoms with van der Waals surface area (Å²) in [5.41, 5.74) is 0. The van der Waals surface area contributed by atoms with Crippen molar-refractivity contribution < 1.29 is 20.1 Å². The highest BCUT2D eigenvalue weighted by Gasteiger charge is 2.21. The predicted octanol–water partition coefficient (Wildman–Crippen LogP) is 12.3. The summed E-state index contributed by atoms with van der Waals surface area (Å²) in [7, 11) is 0. The molecule has 0 bridgehead atoms. The molecule has 0 aromatic rings. The Labute approximate surface area is 300 Å². The zero-order chi connectivity index (χ0) is 35.2. The van der Waals surface area contributed by atoms with Crippen LogP contribution in [0.2, 0.25) is 0 Å². The van der Waals surface area contributed by atoms with Crippen molar-refractivity contribution >= 4 is 5.91 Å². The third-order valence-corrected chi connectivity index (χ3v) is 10.4. The smallest absolute Gasteiger partial charge is 0.222 e. The number of hydrogen-bond donors (Lipinski definition) is 4. The molecule has 1 amide bonds. The van der Waals surface area contributed by atoms with E-state index in [0.717, 1.165) is 25.7 Å². The molecule has 288 valence electrons. The second-order valence-corrected chi connectivity index (χ2v) is 15.3. The molecule has 0 aliphatic heterocycles. The largest absolute Gasteiger partial charge is 0.394 e. The van der Waals surface area contributed by atoms with E-state index in [2.05, 4.69) is 19.2 Å². The zero-order valence-corrected chi connectivity index (χ0v) is 32.6. The number of hydrogen-bond acceptors (Lipinski definition) is 4. The second kappa shape index (κ2) is 39.1. The fourth-order valence-electron chi connectivity index (χ4n) is 7.05. The van der Waals surface area contributed by atoms with Gasteiger partial charge in [0.05, 0.1) is 31.3 Å². The number of nitrogens with one attached hydrogen (secondary N) is 1. The van der Waals surface area contributed by atoms with E-state index < -0.39 is 18.2 Å².